The zero-order chi connectivity index (χ0) is 20.1. The van der Waals surface area contributed by atoms with Gasteiger partial charge in [0.05, 0.1) is 22.3 Å². The molecule has 2 amide bonds. The zero-order valence-electron chi connectivity index (χ0n) is 15.4. The van der Waals surface area contributed by atoms with Gasteiger partial charge in [-0.15, -0.1) is 0 Å². The van der Waals surface area contributed by atoms with Crippen LogP contribution in [0, 0.1) is 25.2 Å². The van der Waals surface area contributed by atoms with Crippen molar-refractivity contribution >= 4 is 22.7 Å². The van der Waals surface area contributed by atoms with E-state index in [4.69, 9.17) is 10.00 Å². The van der Waals surface area contributed by atoms with Crippen molar-refractivity contribution in [1.29, 1.82) is 5.26 Å². The highest BCUT2D eigenvalue weighted by atomic mass is 16.5. The maximum absolute atomic E-state index is 12.4. The van der Waals surface area contributed by atoms with Gasteiger partial charge in [-0.2, -0.15) is 5.26 Å². The van der Waals surface area contributed by atoms with Crippen LogP contribution < -0.4 is 15.6 Å². The Morgan fingerprint density at radius 3 is 2.68 bits per heavy atom. The molecule has 0 aliphatic rings. The number of fused-ring (bicyclic) bond motifs is 1. The lowest BCUT2D eigenvalue weighted by Gasteiger charge is -2.11. The van der Waals surface area contributed by atoms with E-state index in [1.54, 1.807) is 37.3 Å². The van der Waals surface area contributed by atoms with E-state index in [0.29, 0.717) is 22.6 Å². The van der Waals surface area contributed by atoms with Gasteiger partial charge in [-0.05, 0) is 44.2 Å². The topological polar surface area (TPSA) is 104 Å². The number of aromatic nitrogens is 1. The molecule has 1 aromatic heterocycles. The van der Waals surface area contributed by atoms with E-state index in [9.17, 15) is 9.59 Å². The van der Waals surface area contributed by atoms with Crippen LogP contribution in [0.15, 0.2) is 48.5 Å². The highest BCUT2D eigenvalue weighted by Crippen LogP contribution is 2.18. The molecule has 0 saturated carbocycles. The SMILES string of the molecule is Cc1ccc2nc(C)c(C(=O)NNC(=O)COc3ccccc3C#N)cc2c1. The molecule has 0 spiro atoms. The average molecular weight is 374 g/mol. The number of pyridine rings is 1. The first-order valence-electron chi connectivity index (χ1n) is 8.57. The molecule has 7 nitrogen and oxygen atoms in total. The van der Waals surface area contributed by atoms with Crippen molar-refractivity contribution in [3.63, 3.8) is 0 Å². The van der Waals surface area contributed by atoms with E-state index in [-0.39, 0.29) is 6.61 Å². The first kappa shape index (κ1) is 18.9. The van der Waals surface area contributed by atoms with Gasteiger partial charge in [0.1, 0.15) is 11.8 Å². The molecule has 2 N–H and O–H groups in total. The van der Waals surface area contributed by atoms with E-state index in [1.165, 1.54) is 0 Å². The van der Waals surface area contributed by atoms with Gasteiger partial charge in [0.15, 0.2) is 6.61 Å². The Morgan fingerprint density at radius 2 is 1.89 bits per heavy atom. The maximum atomic E-state index is 12.4. The first-order valence-corrected chi connectivity index (χ1v) is 8.57. The van der Waals surface area contributed by atoms with Crippen LogP contribution in [-0.2, 0) is 4.79 Å². The van der Waals surface area contributed by atoms with Crippen LogP contribution in [-0.4, -0.2) is 23.4 Å². The molecule has 3 rings (SSSR count). The lowest BCUT2D eigenvalue weighted by atomic mass is 10.1. The number of hydrazine groups is 1. The third-order valence-electron chi connectivity index (χ3n) is 4.09. The summed E-state index contributed by atoms with van der Waals surface area (Å²) in [6.07, 6.45) is 0. The Kier molecular flexibility index (Phi) is 5.51. The van der Waals surface area contributed by atoms with Gasteiger partial charge in [-0.1, -0.05) is 23.8 Å². The summed E-state index contributed by atoms with van der Waals surface area (Å²) in [5, 5.41) is 9.86. The fraction of sp³-hybridized carbons (Fsp3) is 0.143. The van der Waals surface area contributed by atoms with Gasteiger partial charge in [-0.3, -0.25) is 25.4 Å². The van der Waals surface area contributed by atoms with Crippen LogP contribution in [0.5, 0.6) is 5.75 Å². The number of amides is 2. The molecule has 0 radical (unpaired) electrons. The Morgan fingerprint density at radius 1 is 1.11 bits per heavy atom. The Hall–Kier alpha value is -3.92. The molecule has 0 aliphatic carbocycles. The Balaban J connectivity index is 1.62. The van der Waals surface area contributed by atoms with Gasteiger partial charge < -0.3 is 4.74 Å². The van der Waals surface area contributed by atoms with Crippen LogP contribution in [0.25, 0.3) is 10.9 Å². The van der Waals surface area contributed by atoms with Crippen LogP contribution in [0.3, 0.4) is 0 Å². The number of nitrogens with zero attached hydrogens (tertiary/aromatic N) is 2. The van der Waals surface area contributed by atoms with Crippen molar-refractivity contribution in [3.8, 4) is 11.8 Å². The molecule has 3 aromatic rings. The summed E-state index contributed by atoms with van der Waals surface area (Å²) >= 11 is 0. The lowest BCUT2D eigenvalue weighted by molar-refractivity contribution is -0.123. The standard InChI is InChI=1S/C21H18N4O3/c1-13-7-8-18-16(9-13)10-17(14(2)23-18)21(27)25-24-20(26)12-28-19-6-4-3-5-15(19)11-22/h3-10H,12H2,1-2H3,(H,24,26)(H,25,27). The monoisotopic (exact) mass is 374 g/mol. The minimum atomic E-state index is -0.552. The van der Waals surface area contributed by atoms with E-state index in [1.807, 2.05) is 31.2 Å². The van der Waals surface area contributed by atoms with Gasteiger partial charge in [-0.25, -0.2) is 0 Å². The fourth-order valence-corrected chi connectivity index (χ4v) is 2.68. The van der Waals surface area contributed by atoms with Gasteiger partial charge in [0.2, 0.25) is 0 Å². The van der Waals surface area contributed by atoms with E-state index in [2.05, 4.69) is 15.8 Å². The number of aryl methyl sites for hydroxylation is 2. The van der Waals surface area contributed by atoms with Crippen LogP contribution in [0.1, 0.15) is 27.2 Å². The number of nitrogens with one attached hydrogen (secondary N) is 2. The van der Waals surface area contributed by atoms with Crippen molar-refractivity contribution < 1.29 is 14.3 Å². The minimum absolute atomic E-state index is 0.302. The van der Waals surface area contributed by atoms with Crippen LogP contribution in [0.2, 0.25) is 0 Å². The van der Waals surface area contributed by atoms with Crippen molar-refractivity contribution in [2.24, 2.45) is 0 Å². The third kappa shape index (κ3) is 4.24. The summed E-state index contributed by atoms with van der Waals surface area (Å²) < 4.78 is 5.32. The zero-order valence-corrected chi connectivity index (χ0v) is 15.4. The van der Waals surface area contributed by atoms with E-state index >= 15 is 0 Å². The molecule has 7 heteroatoms. The smallest absolute Gasteiger partial charge is 0.276 e. The molecule has 0 aliphatic heterocycles. The summed E-state index contributed by atoms with van der Waals surface area (Å²) in [4.78, 5) is 28.8. The number of carbonyl (C=O) groups excluding carboxylic acids is 2. The number of para-hydroxylation sites is 1. The quantitative estimate of drug-likeness (QED) is 0.683. The minimum Gasteiger partial charge on any atom is -0.482 e. The lowest BCUT2D eigenvalue weighted by Crippen LogP contribution is -2.44. The number of hydrogen-bond acceptors (Lipinski definition) is 5. The second kappa shape index (κ2) is 8.18. The number of nitriles is 1. The Bertz CT molecular complexity index is 1100. The number of carbonyl (C=O) groups is 2. The van der Waals surface area contributed by atoms with Crippen LogP contribution in [0.4, 0.5) is 0 Å². The van der Waals surface area contributed by atoms with Crippen molar-refractivity contribution in [3.05, 3.63) is 70.9 Å². The summed E-state index contributed by atoms with van der Waals surface area (Å²) in [6.45, 7) is 3.36. The molecular weight excluding hydrogens is 356 g/mol. The predicted octanol–water partition coefficient (Wildman–Crippen LogP) is 2.56. The molecule has 2 aromatic carbocycles. The van der Waals surface area contributed by atoms with Gasteiger partial charge >= 0.3 is 0 Å². The number of rotatable bonds is 4. The Labute approximate surface area is 161 Å². The normalized spacial score (nSPS) is 10.2. The highest BCUT2D eigenvalue weighted by molar-refractivity contribution is 5.99. The predicted molar refractivity (Wildman–Crippen MR) is 103 cm³/mol. The van der Waals surface area contributed by atoms with Crippen molar-refractivity contribution in [1.82, 2.24) is 15.8 Å². The average Bonchev–Trinajstić information content (AvgIpc) is 2.70. The summed E-state index contributed by atoms with van der Waals surface area (Å²) in [5.41, 5.74) is 7.78. The third-order valence-corrected chi connectivity index (χ3v) is 4.09. The van der Waals surface area contributed by atoms with Crippen molar-refractivity contribution in [2.45, 2.75) is 13.8 Å². The molecule has 0 saturated heterocycles. The van der Waals surface area contributed by atoms with Gasteiger partial charge in [0, 0.05) is 5.39 Å². The fourth-order valence-electron chi connectivity index (χ4n) is 2.68. The number of hydrogen-bond donors (Lipinski definition) is 2. The van der Waals surface area contributed by atoms with E-state index < -0.39 is 11.8 Å². The summed E-state index contributed by atoms with van der Waals surface area (Å²) in [5.74, 6) is -0.723. The molecule has 0 fully saturated rings. The second-order valence-electron chi connectivity index (χ2n) is 6.22. The second-order valence-corrected chi connectivity index (χ2v) is 6.22. The van der Waals surface area contributed by atoms with Crippen LogP contribution >= 0.6 is 0 Å². The molecule has 28 heavy (non-hydrogen) atoms. The highest BCUT2D eigenvalue weighted by Gasteiger charge is 2.13. The molecule has 0 atom stereocenters. The number of benzene rings is 2. The molecule has 0 unspecified atom stereocenters. The summed E-state index contributed by atoms with van der Waals surface area (Å²) in [7, 11) is 0. The number of ether oxygens (including phenoxy) is 1. The summed E-state index contributed by atoms with van der Waals surface area (Å²) in [6, 6.07) is 16.1. The van der Waals surface area contributed by atoms with Crippen molar-refractivity contribution in [2.75, 3.05) is 6.61 Å². The molecule has 0 bridgehead atoms. The molecule has 1 heterocycles. The molecular formula is C21H18N4O3. The first-order chi connectivity index (χ1) is 13.5. The molecule has 140 valence electrons. The van der Waals surface area contributed by atoms with E-state index in [0.717, 1.165) is 16.5 Å². The van der Waals surface area contributed by atoms with Gasteiger partial charge in [0.25, 0.3) is 11.8 Å². The maximum Gasteiger partial charge on any atom is 0.276 e. The largest absolute Gasteiger partial charge is 0.482 e.